The highest BCUT2D eigenvalue weighted by atomic mass is 79.9. The highest BCUT2D eigenvalue weighted by Gasteiger charge is 2.21. The molecule has 17 heavy (non-hydrogen) atoms. The maximum absolute atomic E-state index is 13.4. The Labute approximate surface area is 111 Å². The summed E-state index contributed by atoms with van der Waals surface area (Å²) in [6.07, 6.45) is 0.410. The second kappa shape index (κ2) is 4.76. The van der Waals surface area contributed by atoms with Crippen molar-refractivity contribution < 1.29 is 9.50 Å². The van der Waals surface area contributed by atoms with Gasteiger partial charge in [0.2, 0.25) is 0 Å². The average molecular weight is 320 g/mol. The van der Waals surface area contributed by atoms with E-state index >= 15 is 0 Å². The maximum atomic E-state index is 13.4. The van der Waals surface area contributed by atoms with Gasteiger partial charge in [-0.2, -0.15) is 5.10 Å². The normalized spacial score (nSPS) is 12.8. The Morgan fingerprint density at radius 1 is 1.53 bits per heavy atom. The molecule has 0 aliphatic heterocycles. The summed E-state index contributed by atoms with van der Waals surface area (Å²) in [6, 6.07) is 4.47. The number of aliphatic hydroxyl groups is 1. The molecule has 2 rings (SSSR count). The summed E-state index contributed by atoms with van der Waals surface area (Å²) in [5, 5.41) is 14.5. The predicted octanol–water partition coefficient (Wildman–Crippen LogP) is 3.06. The van der Waals surface area contributed by atoms with Crippen molar-refractivity contribution in [3.8, 4) is 0 Å². The smallest absolute Gasteiger partial charge is 0.137 e. The Hall–Kier alpha value is -0.910. The molecular formula is C11H9BrClFN2O. The van der Waals surface area contributed by atoms with Crippen molar-refractivity contribution in [1.29, 1.82) is 0 Å². The van der Waals surface area contributed by atoms with Crippen LogP contribution in [0, 0.1) is 5.82 Å². The zero-order chi connectivity index (χ0) is 12.6. The summed E-state index contributed by atoms with van der Waals surface area (Å²) in [6.45, 7) is 0. The lowest BCUT2D eigenvalue weighted by atomic mass is 10.1. The molecule has 1 aromatic carbocycles. The SMILES string of the molecule is Cn1ncc(Cl)c1C(O)c1cccc(F)c1Br. The van der Waals surface area contributed by atoms with Gasteiger partial charge in [-0.05, 0) is 22.0 Å². The van der Waals surface area contributed by atoms with Crippen molar-refractivity contribution >= 4 is 27.5 Å². The maximum Gasteiger partial charge on any atom is 0.137 e. The van der Waals surface area contributed by atoms with Crippen LogP contribution in [0.5, 0.6) is 0 Å². The van der Waals surface area contributed by atoms with Crippen LogP contribution in [0.2, 0.25) is 5.02 Å². The first-order valence-electron chi connectivity index (χ1n) is 4.81. The van der Waals surface area contributed by atoms with Crippen LogP contribution in [0.1, 0.15) is 17.4 Å². The average Bonchev–Trinajstić information content (AvgIpc) is 2.62. The molecule has 0 saturated heterocycles. The van der Waals surface area contributed by atoms with E-state index in [1.807, 2.05) is 0 Å². The molecular weight excluding hydrogens is 310 g/mol. The number of halogens is 3. The lowest BCUT2D eigenvalue weighted by Crippen LogP contribution is -2.08. The van der Waals surface area contributed by atoms with Gasteiger partial charge in [-0.15, -0.1) is 0 Å². The molecule has 1 aromatic heterocycles. The van der Waals surface area contributed by atoms with Crippen LogP contribution in [-0.4, -0.2) is 14.9 Å². The zero-order valence-electron chi connectivity index (χ0n) is 8.86. The molecule has 2 aromatic rings. The van der Waals surface area contributed by atoms with E-state index in [0.29, 0.717) is 16.3 Å². The molecule has 6 heteroatoms. The van der Waals surface area contributed by atoms with Crippen LogP contribution in [0.3, 0.4) is 0 Å². The van der Waals surface area contributed by atoms with Crippen molar-refractivity contribution in [2.24, 2.45) is 7.05 Å². The van der Waals surface area contributed by atoms with Gasteiger partial charge in [-0.3, -0.25) is 4.68 Å². The predicted molar refractivity (Wildman–Crippen MR) is 66.4 cm³/mol. The number of hydrogen-bond donors (Lipinski definition) is 1. The molecule has 0 radical (unpaired) electrons. The zero-order valence-corrected chi connectivity index (χ0v) is 11.2. The number of hydrogen-bond acceptors (Lipinski definition) is 2. The molecule has 1 unspecified atom stereocenters. The third kappa shape index (κ3) is 2.22. The number of aliphatic hydroxyl groups excluding tert-OH is 1. The second-order valence-electron chi connectivity index (χ2n) is 3.55. The van der Waals surface area contributed by atoms with Crippen LogP contribution >= 0.6 is 27.5 Å². The summed E-state index contributed by atoms with van der Waals surface area (Å²) < 4.78 is 15.1. The lowest BCUT2D eigenvalue weighted by Gasteiger charge is -2.14. The van der Waals surface area contributed by atoms with Gasteiger partial charge < -0.3 is 5.11 Å². The highest BCUT2D eigenvalue weighted by Crippen LogP contribution is 2.33. The van der Waals surface area contributed by atoms with Crippen molar-refractivity contribution in [2.75, 3.05) is 0 Å². The Morgan fingerprint density at radius 3 is 2.82 bits per heavy atom. The van der Waals surface area contributed by atoms with Gasteiger partial charge in [0.25, 0.3) is 0 Å². The fourth-order valence-electron chi connectivity index (χ4n) is 1.61. The van der Waals surface area contributed by atoms with E-state index in [2.05, 4.69) is 21.0 Å². The van der Waals surface area contributed by atoms with Crippen LogP contribution in [0.15, 0.2) is 28.9 Å². The summed E-state index contributed by atoms with van der Waals surface area (Å²) in [4.78, 5) is 0. The molecule has 3 nitrogen and oxygen atoms in total. The van der Waals surface area contributed by atoms with Crippen molar-refractivity contribution in [2.45, 2.75) is 6.10 Å². The van der Waals surface area contributed by atoms with E-state index < -0.39 is 11.9 Å². The minimum atomic E-state index is -1.03. The Balaban J connectivity index is 2.51. The van der Waals surface area contributed by atoms with Crippen molar-refractivity contribution in [3.05, 3.63) is 51.0 Å². The highest BCUT2D eigenvalue weighted by molar-refractivity contribution is 9.10. The Morgan fingerprint density at radius 2 is 2.24 bits per heavy atom. The molecule has 1 N–H and O–H groups in total. The van der Waals surface area contributed by atoms with E-state index in [-0.39, 0.29) is 4.47 Å². The Bertz CT molecular complexity index is 539. The standard InChI is InChI=1S/C11H9BrClFN2O/c1-16-10(7(13)5-15-16)11(17)6-3-2-4-8(14)9(6)12/h2-5,11,17H,1H3. The molecule has 1 heterocycles. The van der Waals surface area contributed by atoms with E-state index in [0.717, 1.165) is 0 Å². The number of rotatable bonds is 2. The fraction of sp³-hybridized carbons (Fsp3) is 0.182. The minimum Gasteiger partial charge on any atom is -0.382 e. The van der Waals surface area contributed by atoms with Crippen LogP contribution < -0.4 is 0 Å². The molecule has 0 amide bonds. The van der Waals surface area contributed by atoms with Crippen molar-refractivity contribution in [1.82, 2.24) is 9.78 Å². The van der Waals surface area contributed by atoms with Gasteiger partial charge in [-0.1, -0.05) is 23.7 Å². The second-order valence-corrected chi connectivity index (χ2v) is 4.75. The molecule has 0 aliphatic carbocycles. The first-order valence-corrected chi connectivity index (χ1v) is 5.99. The van der Waals surface area contributed by atoms with E-state index in [1.165, 1.54) is 23.0 Å². The molecule has 90 valence electrons. The topological polar surface area (TPSA) is 38.0 Å². The van der Waals surface area contributed by atoms with Crippen molar-refractivity contribution in [3.63, 3.8) is 0 Å². The van der Waals surface area contributed by atoms with Crippen LogP contribution in [0.25, 0.3) is 0 Å². The largest absolute Gasteiger partial charge is 0.382 e. The van der Waals surface area contributed by atoms with Crippen LogP contribution in [-0.2, 0) is 7.05 Å². The fourth-order valence-corrected chi connectivity index (χ4v) is 2.36. The van der Waals surface area contributed by atoms with Gasteiger partial charge in [-0.25, -0.2) is 4.39 Å². The van der Waals surface area contributed by atoms with Gasteiger partial charge in [0, 0.05) is 12.6 Å². The number of aromatic nitrogens is 2. The van der Waals surface area contributed by atoms with E-state index in [4.69, 9.17) is 11.6 Å². The number of nitrogens with zero attached hydrogens (tertiary/aromatic N) is 2. The summed E-state index contributed by atoms with van der Waals surface area (Å²) >= 11 is 9.04. The van der Waals surface area contributed by atoms with Crippen LogP contribution in [0.4, 0.5) is 4.39 Å². The minimum absolute atomic E-state index is 0.227. The number of benzene rings is 1. The van der Waals surface area contributed by atoms with Gasteiger partial charge in [0.15, 0.2) is 0 Å². The molecule has 0 fully saturated rings. The third-order valence-electron chi connectivity index (χ3n) is 2.47. The van der Waals surface area contributed by atoms with E-state index in [1.54, 1.807) is 13.1 Å². The molecule has 0 aliphatic rings. The molecule has 0 spiro atoms. The summed E-state index contributed by atoms with van der Waals surface area (Å²) in [7, 11) is 1.66. The lowest BCUT2D eigenvalue weighted by molar-refractivity contribution is 0.208. The quantitative estimate of drug-likeness (QED) is 0.924. The number of aryl methyl sites for hydroxylation is 1. The first-order chi connectivity index (χ1) is 8.02. The molecule has 0 saturated carbocycles. The summed E-state index contributed by atoms with van der Waals surface area (Å²) in [5.41, 5.74) is 0.841. The van der Waals surface area contributed by atoms with Gasteiger partial charge >= 0.3 is 0 Å². The van der Waals surface area contributed by atoms with Gasteiger partial charge in [0.1, 0.15) is 11.9 Å². The molecule has 0 bridgehead atoms. The monoisotopic (exact) mass is 318 g/mol. The third-order valence-corrected chi connectivity index (χ3v) is 3.60. The summed E-state index contributed by atoms with van der Waals surface area (Å²) in [5.74, 6) is -0.431. The van der Waals surface area contributed by atoms with Gasteiger partial charge in [0.05, 0.1) is 21.4 Å². The first kappa shape index (κ1) is 12.5. The molecule has 1 atom stereocenters. The van der Waals surface area contributed by atoms with E-state index in [9.17, 15) is 9.50 Å². The Kier molecular flexibility index (Phi) is 3.51.